The van der Waals surface area contributed by atoms with Crippen molar-refractivity contribution in [3.05, 3.63) is 30.3 Å². The highest BCUT2D eigenvalue weighted by atomic mass is 31.3. The van der Waals surface area contributed by atoms with Crippen LogP contribution in [0.25, 0.3) is 11.2 Å². The summed E-state index contributed by atoms with van der Waals surface area (Å²) in [4.78, 5) is 48.1. The van der Waals surface area contributed by atoms with Gasteiger partial charge in [0.25, 0.3) is 0 Å². The van der Waals surface area contributed by atoms with Crippen LogP contribution in [0.3, 0.4) is 0 Å². The lowest BCUT2D eigenvalue weighted by molar-refractivity contribution is 0.0476. The minimum Gasteiger partial charge on any atom is -0.396 e. The van der Waals surface area contributed by atoms with Crippen LogP contribution < -0.4 is 0 Å². The van der Waals surface area contributed by atoms with Crippen LogP contribution in [0.15, 0.2) is 24.6 Å². The number of hydrogen-bond donors (Lipinski definition) is 5. The first-order valence-electron chi connectivity index (χ1n) is 8.62. The molecule has 1 fully saturated rings. The van der Waals surface area contributed by atoms with E-state index in [1.807, 2.05) is 0 Å². The number of aliphatic hydroxyl groups is 1. The number of imidazole rings is 1. The van der Waals surface area contributed by atoms with Crippen molar-refractivity contribution in [1.29, 1.82) is 0 Å². The summed E-state index contributed by atoms with van der Waals surface area (Å²) in [7, 11) is -16.6. The van der Waals surface area contributed by atoms with E-state index in [-0.39, 0.29) is 11.9 Å². The third-order valence-electron chi connectivity index (χ3n) is 4.70. The zero-order valence-corrected chi connectivity index (χ0v) is 18.8. The highest BCUT2D eigenvalue weighted by Gasteiger charge is 2.49. The lowest BCUT2D eigenvalue weighted by Gasteiger charge is -2.46. The first-order chi connectivity index (χ1) is 14.8. The van der Waals surface area contributed by atoms with Gasteiger partial charge in [0, 0.05) is 18.4 Å². The molecule has 0 spiro atoms. The van der Waals surface area contributed by atoms with E-state index in [1.165, 1.54) is 17.2 Å². The molecule has 19 heteroatoms. The van der Waals surface area contributed by atoms with Gasteiger partial charge in [0.1, 0.15) is 11.8 Å². The van der Waals surface area contributed by atoms with Gasteiger partial charge in [0.2, 0.25) is 0 Å². The molecule has 5 atom stereocenters. The molecular formula is C13H18FN4O11P3. The Morgan fingerprint density at radius 2 is 1.81 bits per heavy atom. The van der Waals surface area contributed by atoms with Crippen LogP contribution in [0, 0.1) is 18.8 Å². The zero-order chi connectivity index (χ0) is 23.9. The normalized spacial score (nSPS) is 26.6. The van der Waals surface area contributed by atoms with Gasteiger partial charge in [-0.05, 0) is 12.5 Å². The number of fused-ring (bicyclic) bond motifs is 1. The van der Waals surface area contributed by atoms with Gasteiger partial charge >= 0.3 is 23.5 Å². The molecule has 2 aromatic heterocycles. The van der Waals surface area contributed by atoms with Crippen LogP contribution in [0.5, 0.6) is 0 Å². The van der Waals surface area contributed by atoms with Gasteiger partial charge < -0.3 is 29.2 Å². The number of aliphatic hydroxyl groups excluding tert-OH is 1. The van der Waals surface area contributed by atoms with E-state index in [0.29, 0.717) is 16.9 Å². The van der Waals surface area contributed by atoms with Gasteiger partial charge in [-0.1, -0.05) is 0 Å². The number of aryl methyl sites for hydroxylation is 1. The quantitative estimate of drug-likeness (QED) is 0.293. The summed E-state index contributed by atoms with van der Waals surface area (Å²) < 4.78 is 61.0. The molecule has 178 valence electrons. The van der Waals surface area contributed by atoms with Gasteiger partial charge in [-0.15, -0.1) is 0 Å². The maximum atomic E-state index is 13.7. The van der Waals surface area contributed by atoms with Crippen LogP contribution in [0.4, 0.5) is 4.39 Å². The molecule has 5 N–H and O–H groups in total. The highest BCUT2D eigenvalue weighted by Crippen LogP contribution is 2.66. The summed E-state index contributed by atoms with van der Waals surface area (Å²) in [5.74, 6) is -1.70. The van der Waals surface area contributed by atoms with Crippen molar-refractivity contribution >= 4 is 34.6 Å². The minimum absolute atomic E-state index is 0.0401. The van der Waals surface area contributed by atoms with Crippen LogP contribution >= 0.6 is 23.5 Å². The maximum Gasteiger partial charge on any atom is 0.490 e. The monoisotopic (exact) mass is 518 g/mol. The van der Waals surface area contributed by atoms with Crippen LogP contribution in [0.1, 0.15) is 11.7 Å². The molecule has 2 heterocycles. The standard InChI is InChI=1S/C13H18FN4O11P3/c1-7-11-13(16-5-15-7)18(6-17-11)12-8(2-14)10(9(12)3-19)4-27-31(23,24)29-32(25,26)28-30(20,21)22/h2,5-6,9-10,12,19H,3-4H2,1H3,(H,23,24)(H,25,26)(H2,20,21,22)/b8-2-/t9-,10+,12-/m0/s1. The third-order valence-corrected chi connectivity index (χ3v) is 8.51. The molecule has 0 aromatic carbocycles. The Kier molecular flexibility index (Phi) is 7.16. The summed E-state index contributed by atoms with van der Waals surface area (Å²) in [6.45, 7) is 0.445. The first-order valence-corrected chi connectivity index (χ1v) is 13.1. The molecule has 2 aromatic rings. The second kappa shape index (κ2) is 9.09. The summed E-state index contributed by atoms with van der Waals surface area (Å²) in [5, 5.41) is 9.78. The summed E-state index contributed by atoms with van der Waals surface area (Å²) in [6.07, 6.45) is 2.89. The molecular weight excluding hydrogens is 500 g/mol. The van der Waals surface area contributed by atoms with Crippen molar-refractivity contribution in [2.24, 2.45) is 11.8 Å². The number of nitrogens with zero attached hydrogens (tertiary/aromatic N) is 4. The van der Waals surface area contributed by atoms with E-state index in [0.717, 1.165) is 0 Å². The molecule has 15 nitrogen and oxygen atoms in total. The van der Waals surface area contributed by atoms with E-state index < -0.39 is 54.6 Å². The number of halogens is 1. The lowest BCUT2D eigenvalue weighted by atomic mass is 9.66. The number of phosphoric acid groups is 3. The van der Waals surface area contributed by atoms with Gasteiger partial charge in [-0.25, -0.2) is 33.0 Å². The molecule has 1 aliphatic rings. The number of aromatic nitrogens is 4. The van der Waals surface area contributed by atoms with E-state index in [1.54, 1.807) is 6.92 Å². The number of rotatable bonds is 9. The second-order valence-corrected chi connectivity index (χ2v) is 11.1. The molecule has 0 radical (unpaired) electrons. The van der Waals surface area contributed by atoms with E-state index in [9.17, 15) is 33.0 Å². The molecule has 0 aliphatic heterocycles. The van der Waals surface area contributed by atoms with E-state index >= 15 is 0 Å². The van der Waals surface area contributed by atoms with Gasteiger partial charge in [-0.3, -0.25) is 4.52 Å². The fraction of sp³-hybridized carbons (Fsp3) is 0.462. The molecule has 1 saturated carbocycles. The Morgan fingerprint density at radius 3 is 2.41 bits per heavy atom. The predicted octanol–water partition coefficient (Wildman–Crippen LogP) is 1.11. The van der Waals surface area contributed by atoms with Crippen molar-refractivity contribution in [3.63, 3.8) is 0 Å². The predicted molar refractivity (Wildman–Crippen MR) is 102 cm³/mol. The topological polar surface area (TPSA) is 224 Å². The molecule has 1 aliphatic carbocycles. The largest absolute Gasteiger partial charge is 0.490 e. The molecule has 32 heavy (non-hydrogen) atoms. The van der Waals surface area contributed by atoms with Gasteiger partial charge in [-0.2, -0.15) is 8.62 Å². The molecule has 0 bridgehead atoms. The van der Waals surface area contributed by atoms with Crippen molar-refractivity contribution in [3.8, 4) is 0 Å². The average Bonchev–Trinajstić information content (AvgIpc) is 3.03. The van der Waals surface area contributed by atoms with Crippen molar-refractivity contribution in [2.45, 2.75) is 13.0 Å². The highest BCUT2D eigenvalue weighted by molar-refractivity contribution is 7.66. The fourth-order valence-corrected chi connectivity index (χ4v) is 6.47. The zero-order valence-electron chi connectivity index (χ0n) is 16.1. The number of hydrogen-bond acceptors (Lipinski definition) is 10. The van der Waals surface area contributed by atoms with Crippen LogP contribution in [-0.4, -0.2) is 57.4 Å². The maximum absolute atomic E-state index is 13.7. The Balaban J connectivity index is 1.75. The number of phosphoric ester groups is 1. The molecule has 2 unspecified atom stereocenters. The SMILES string of the molecule is Cc1ncnc2c1ncn2[C@H]1/C(=C\F)[C@@H](COP(=O)(O)OP(=O)(O)OP(=O)(O)O)[C@@H]1CO. The van der Waals surface area contributed by atoms with E-state index in [4.69, 9.17) is 9.79 Å². The van der Waals surface area contributed by atoms with Crippen LogP contribution in [0.2, 0.25) is 0 Å². The van der Waals surface area contributed by atoms with E-state index in [2.05, 4.69) is 28.1 Å². The van der Waals surface area contributed by atoms with Crippen molar-refractivity contribution in [2.75, 3.05) is 13.2 Å². The molecule has 0 amide bonds. The summed E-state index contributed by atoms with van der Waals surface area (Å²) >= 11 is 0. The average molecular weight is 518 g/mol. The summed E-state index contributed by atoms with van der Waals surface area (Å²) in [6, 6.07) is -0.765. The molecule has 0 saturated heterocycles. The minimum atomic E-state index is -5.68. The van der Waals surface area contributed by atoms with Gasteiger partial charge in [0.15, 0.2) is 5.65 Å². The Labute approximate surface area is 179 Å². The first kappa shape index (κ1) is 25.2. The van der Waals surface area contributed by atoms with Crippen molar-refractivity contribution < 1.29 is 55.9 Å². The fourth-order valence-electron chi connectivity index (χ4n) is 3.42. The van der Waals surface area contributed by atoms with Crippen LogP contribution in [-0.2, 0) is 26.8 Å². The second-order valence-electron chi connectivity index (χ2n) is 6.68. The van der Waals surface area contributed by atoms with Crippen molar-refractivity contribution in [1.82, 2.24) is 19.5 Å². The Hall–Kier alpha value is -1.41. The third kappa shape index (κ3) is 5.38. The summed E-state index contributed by atoms with van der Waals surface area (Å²) in [5.41, 5.74) is 1.44. The Morgan fingerprint density at radius 1 is 1.12 bits per heavy atom. The molecule has 3 rings (SSSR count). The Bertz CT molecular complexity index is 1180. The smallest absolute Gasteiger partial charge is 0.396 e. The van der Waals surface area contributed by atoms with Gasteiger partial charge in [0.05, 0.1) is 31.0 Å². The lowest BCUT2D eigenvalue weighted by Crippen LogP contribution is -2.45.